The van der Waals surface area contributed by atoms with Crippen molar-refractivity contribution in [2.75, 3.05) is 13.1 Å². The van der Waals surface area contributed by atoms with Gasteiger partial charge in [-0.2, -0.15) is 0 Å². The molecule has 0 unspecified atom stereocenters. The van der Waals surface area contributed by atoms with Gasteiger partial charge in [0.15, 0.2) is 0 Å². The summed E-state index contributed by atoms with van der Waals surface area (Å²) in [6.45, 7) is 9.74. The minimum Gasteiger partial charge on any atom is -0.481 e. The van der Waals surface area contributed by atoms with E-state index in [0.717, 1.165) is 24.7 Å². The van der Waals surface area contributed by atoms with Gasteiger partial charge in [-0.25, -0.2) is 0 Å². The number of hydrogen-bond donors (Lipinski definition) is 1. The van der Waals surface area contributed by atoms with Crippen molar-refractivity contribution >= 4 is 5.97 Å². The van der Waals surface area contributed by atoms with Crippen molar-refractivity contribution in [3.8, 4) is 0 Å². The maximum atomic E-state index is 11.4. The van der Waals surface area contributed by atoms with Crippen LogP contribution in [0.1, 0.15) is 117 Å². The van der Waals surface area contributed by atoms with Crippen molar-refractivity contribution in [3.63, 3.8) is 0 Å². The molecule has 0 amide bonds. The molecule has 0 aromatic rings. The number of carboxylic acid groups (broad SMARTS) is 1. The molecule has 3 saturated carbocycles. The molecule has 30 heavy (non-hydrogen) atoms. The van der Waals surface area contributed by atoms with Crippen molar-refractivity contribution < 1.29 is 9.90 Å². The number of hydrogen-bond acceptors (Lipinski definition) is 2. The van der Waals surface area contributed by atoms with Crippen molar-refractivity contribution in [1.29, 1.82) is 0 Å². The Morgan fingerprint density at radius 1 is 0.800 bits per heavy atom. The summed E-state index contributed by atoms with van der Waals surface area (Å²) < 4.78 is 0. The minimum atomic E-state index is -0.603. The van der Waals surface area contributed by atoms with Gasteiger partial charge >= 0.3 is 5.97 Å². The average molecular weight is 420 g/mol. The zero-order chi connectivity index (χ0) is 21.6. The Balaban J connectivity index is 1.73. The summed E-state index contributed by atoms with van der Waals surface area (Å²) in [5.74, 6) is 2.24. The molecule has 0 spiro atoms. The molecule has 1 N–H and O–H groups in total. The Bertz CT molecular complexity index is 493. The van der Waals surface area contributed by atoms with E-state index in [0.29, 0.717) is 29.7 Å². The van der Waals surface area contributed by atoms with Gasteiger partial charge in [0.2, 0.25) is 0 Å². The van der Waals surface area contributed by atoms with Gasteiger partial charge in [-0.3, -0.25) is 9.69 Å². The summed E-state index contributed by atoms with van der Waals surface area (Å²) >= 11 is 0. The molecule has 0 aromatic carbocycles. The average Bonchev–Trinajstić information content (AvgIpc) is 2.68. The fourth-order valence-corrected chi connectivity index (χ4v) is 7.01. The lowest BCUT2D eigenvalue weighted by Gasteiger charge is -2.47. The van der Waals surface area contributed by atoms with E-state index in [-0.39, 0.29) is 0 Å². The quantitative estimate of drug-likeness (QED) is 0.454. The van der Waals surface area contributed by atoms with Crippen LogP contribution in [0.3, 0.4) is 0 Å². The summed E-state index contributed by atoms with van der Waals surface area (Å²) in [4.78, 5) is 14.3. The molecule has 0 radical (unpaired) electrons. The van der Waals surface area contributed by atoms with Crippen LogP contribution in [0, 0.1) is 29.1 Å². The SMILES string of the molecule is CC(C)(C)C[C@@H]1C[C@H](CC(=O)O)CC[C@H]1N(CC1CCCCC1)CC1CCCCC1. The Hall–Kier alpha value is -0.570. The van der Waals surface area contributed by atoms with Crippen molar-refractivity contribution in [3.05, 3.63) is 0 Å². The Labute approximate surface area is 186 Å². The summed E-state index contributed by atoms with van der Waals surface area (Å²) in [7, 11) is 0. The molecule has 0 aliphatic heterocycles. The molecule has 3 aliphatic carbocycles. The topological polar surface area (TPSA) is 40.5 Å². The van der Waals surface area contributed by atoms with E-state index in [9.17, 15) is 9.90 Å². The van der Waals surface area contributed by atoms with Crippen LogP contribution in [-0.2, 0) is 4.79 Å². The van der Waals surface area contributed by atoms with Crippen LogP contribution in [0.25, 0.3) is 0 Å². The first kappa shape index (κ1) is 24.1. The fraction of sp³-hybridized carbons (Fsp3) is 0.963. The smallest absolute Gasteiger partial charge is 0.303 e. The highest BCUT2D eigenvalue weighted by Crippen LogP contribution is 2.42. The van der Waals surface area contributed by atoms with Crippen LogP contribution < -0.4 is 0 Å². The van der Waals surface area contributed by atoms with E-state index >= 15 is 0 Å². The van der Waals surface area contributed by atoms with E-state index in [2.05, 4.69) is 25.7 Å². The Kier molecular flexibility index (Phi) is 9.10. The molecule has 0 heterocycles. The number of aliphatic carboxylic acids is 1. The minimum absolute atomic E-state index is 0.315. The third-order valence-electron chi connectivity index (χ3n) is 8.29. The first-order chi connectivity index (χ1) is 14.3. The molecule has 0 saturated heterocycles. The molecular formula is C27H49NO2. The van der Waals surface area contributed by atoms with E-state index in [4.69, 9.17) is 0 Å². The predicted molar refractivity (Wildman–Crippen MR) is 126 cm³/mol. The van der Waals surface area contributed by atoms with Crippen molar-refractivity contribution in [1.82, 2.24) is 4.90 Å². The van der Waals surface area contributed by atoms with Crippen LogP contribution in [0.2, 0.25) is 0 Å². The van der Waals surface area contributed by atoms with Crippen molar-refractivity contribution in [2.45, 2.75) is 123 Å². The maximum Gasteiger partial charge on any atom is 0.303 e. The molecule has 3 fully saturated rings. The summed E-state index contributed by atoms with van der Waals surface area (Å²) in [6, 6.07) is 0.679. The highest BCUT2D eigenvalue weighted by atomic mass is 16.4. The van der Waals surface area contributed by atoms with E-state index < -0.39 is 5.97 Å². The normalized spacial score (nSPS) is 29.9. The fourth-order valence-electron chi connectivity index (χ4n) is 7.01. The van der Waals surface area contributed by atoms with Crippen LogP contribution in [-0.4, -0.2) is 35.1 Å². The molecule has 3 atom stereocenters. The lowest BCUT2D eigenvalue weighted by molar-refractivity contribution is -0.138. The molecule has 3 rings (SSSR count). The largest absolute Gasteiger partial charge is 0.481 e. The molecule has 174 valence electrons. The molecule has 3 heteroatoms. The molecule has 3 nitrogen and oxygen atoms in total. The summed E-state index contributed by atoms with van der Waals surface area (Å²) in [5, 5.41) is 9.38. The molecule has 3 aliphatic rings. The van der Waals surface area contributed by atoms with Gasteiger partial charge < -0.3 is 5.11 Å². The second-order valence-electron chi connectivity index (χ2n) is 12.3. The Morgan fingerprint density at radius 2 is 1.33 bits per heavy atom. The third kappa shape index (κ3) is 7.84. The second-order valence-corrected chi connectivity index (χ2v) is 12.3. The number of nitrogens with zero attached hydrogens (tertiary/aromatic N) is 1. The highest BCUT2D eigenvalue weighted by molar-refractivity contribution is 5.67. The summed E-state index contributed by atoms with van der Waals surface area (Å²) in [5.41, 5.74) is 0.315. The first-order valence-corrected chi connectivity index (χ1v) is 13.3. The van der Waals surface area contributed by atoms with Crippen LogP contribution in [0.15, 0.2) is 0 Å². The van der Waals surface area contributed by atoms with Crippen LogP contribution >= 0.6 is 0 Å². The standard InChI is InChI=1S/C27H49NO2/c1-27(2,3)18-24-16-23(17-26(29)30)14-15-25(24)28(19-21-10-6-4-7-11-21)20-22-12-8-5-9-13-22/h21-25H,4-20H2,1-3H3,(H,29,30)/t23-,24+,25-/m1/s1. The lowest BCUT2D eigenvalue weighted by Crippen LogP contribution is -2.49. The zero-order valence-corrected chi connectivity index (χ0v) is 20.2. The Morgan fingerprint density at radius 3 is 1.80 bits per heavy atom. The van der Waals surface area contributed by atoms with Crippen molar-refractivity contribution in [2.24, 2.45) is 29.1 Å². The third-order valence-corrected chi connectivity index (χ3v) is 8.29. The number of carbonyl (C=O) groups is 1. The maximum absolute atomic E-state index is 11.4. The zero-order valence-electron chi connectivity index (χ0n) is 20.2. The van der Waals surface area contributed by atoms with Gasteiger partial charge in [0.1, 0.15) is 0 Å². The van der Waals surface area contributed by atoms with Gasteiger partial charge in [0, 0.05) is 25.6 Å². The lowest BCUT2D eigenvalue weighted by atomic mass is 9.69. The molecular weight excluding hydrogens is 370 g/mol. The second kappa shape index (κ2) is 11.3. The first-order valence-electron chi connectivity index (χ1n) is 13.3. The summed E-state index contributed by atoms with van der Waals surface area (Å²) in [6.07, 6.45) is 19.4. The van der Waals surface area contributed by atoms with Gasteiger partial charge in [-0.1, -0.05) is 59.3 Å². The van der Waals surface area contributed by atoms with E-state index in [1.165, 1.54) is 90.1 Å². The highest BCUT2D eigenvalue weighted by Gasteiger charge is 2.38. The molecule has 0 bridgehead atoms. The predicted octanol–water partition coefficient (Wildman–Crippen LogP) is 7.14. The van der Waals surface area contributed by atoms with Gasteiger partial charge in [0.25, 0.3) is 0 Å². The van der Waals surface area contributed by atoms with Gasteiger partial charge in [-0.15, -0.1) is 0 Å². The molecule has 0 aromatic heterocycles. The number of rotatable bonds is 8. The monoisotopic (exact) mass is 419 g/mol. The van der Waals surface area contributed by atoms with Crippen LogP contribution in [0.4, 0.5) is 0 Å². The number of carboxylic acids is 1. The van der Waals surface area contributed by atoms with Gasteiger partial charge in [0.05, 0.1) is 0 Å². The van der Waals surface area contributed by atoms with E-state index in [1.54, 1.807) is 0 Å². The van der Waals surface area contributed by atoms with E-state index in [1.807, 2.05) is 0 Å². The van der Waals surface area contributed by atoms with Crippen LogP contribution in [0.5, 0.6) is 0 Å². The van der Waals surface area contributed by atoms with Gasteiger partial charge in [-0.05, 0) is 80.5 Å².